The maximum atomic E-state index is 14.2. The number of methoxy groups -OCH3 is 3. The molecule has 1 N–H and O–H groups in total. The highest BCUT2D eigenvalue weighted by Crippen LogP contribution is 2.43. The number of aliphatic imine (C=N–C) groups is 1. The molecule has 0 saturated carbocycles. The van der Waals surface area contributed by atoms with E-state index in [1.807, 2.05) is 92.5 Å². The van der Waals surface area contributed by atoms with Crippen LogP contribution in [0.5, 0.6) is 23.0 Å². The van der Waals surface area contributed by atoms with Gasteiger partial charge in [-0.3, -0.25) is 24.4 Å². The van der Waals surface area contributed by atoms with Gasteiger partial charge in [-0.15, -0.1) is 0 Å². The van der Waals surface area contributed by atoms with E-state index in [-0.39, 0.29) is 50.3 Å². The first kappa shape index (κ1) is 47.9. The predicted octanol–water partition coefficient (Wildman–Crippen LogP) is 8.57. The van der Waals surface area contributed by atoms with Crippen molar-refractivity contribution in [2.45, 2.75) is 64.5 Å². The zero-order valence-corrected chi connectivity index (χ0v) is 40.5. The Balaban J connectivity index is 1.00. The summed E-state index contributed by atoms with van der Waals surface area (Å²) in [5, 5.41) is 3.50. The van der Waals surface area contributed by atoms with Crippen molar-refractivity contribution in [2.24, 2.45) is 4.99 Å². The summed E-state index contributed by atoms with van der Waals surface area (Å²) in [5.41, 5.74) is 7.11. The Morgan fingerprint density at radius 2 is 1.30 bits per heavy atom. The van der Waals surface area contributed by atoms with Gasteiger partial charge < -0.3 is 48.1 Å². The van der Waals surface area contributed by atoms with Gasteiger partial charge >= 0.3 is 6.09 Å². The van der Waals surface area contributed by atoms with Gasteiger partial charge in [0.15, 0.2) is 23.0 Å². The van der Waals surface area contributed by atoms with E-state index >= 15 is 0 Å². The number of hydrogen-bond donors (Lipinski definition) is 1. The van der Waals surface area contributed by atoms with Gasteiger partial charge in [0.1, 0.15) is 18.8 Å². The van der Waals surface area contributed by atoms with Crippen molar-refractivity contribution in [1.29, 1.82) is 0 Å². The van der Waals surface area contributed by atoms with Crippen LogP contribution in [0.3, 0.4) is 0 Å². The number of carbonyl (C=O) groups excluding carboxylic acids is 3. The minimum Gasteiger partial charge on any atom is -0.493 e. The summed E-state index contributed by atoms with van der Waals surface area (Å²) >= 11 is 0. The highest BCUT2D eigenvalue weighted by molar-refractivity contribution is 6.15. The number of para-hydroxylation sites is 2. The number of anilines is 4. The first-order valence-corrected chi connectivity index (χ1v) is 23.5. The Morgan fingerprint density at radius 1 is 0.700 bits per heavy atom. The van der Waals surface area contributed by atoms with Crippen LogP contribution >= 0.6 is 0 Å². The molecule has 0 bridgehead atoms. The third kappa shape index (κ3) is 10.3. The quantitative estimate of drug-likeness (QED) is 0.0836. The first-order chi connectivity index (χ1) is 33.9. The Bertz CT molecular complexity index is 2790. The summed E-state index contributed by atoms with van der Waals surface area (Å²) in [5.74, 6) is 1.26. The third-order valence-corrected chi connectivity index (χ3v) is 12.5. The topological polar surface area (TPSA) is 159 Å². The van der Waals surface area contributed by atoms with Gasteiger partial charge in [-0.1, -0.05) is 36.4 Å². The number of fused-ring (bicyclic) bond motifs is 8. The van der Waals surface area contributed by atoms with Gasteiger partial charge in [0.2, 0.25) is 0 Å². The fourth-order valence-electron chi connectivity index (χ4n) is 9.25. The normalized spacial score (nSPS) is 16.4. The molecule has 0 aromatic heterocycles. The summed E-state index contributed by atoms with van der Waals surface area (Å²) in [7, 11) is 4.68. The monoisotopic (exact) mass is 953 g/mol. The molecule has 0 radical (unpaired) electrons. The van der Waals surface area contributed by atoms with Crippen LogP contribution in [-0.2, 0) is 45.0 Å². The SMILES string of the molecule is COCCOCCOCCN(C(=O)OC(C)(C)C)c1cc(COc2cc3c(cc2OC)C(=O)N2c4ccccc4CC2C=N3)cc(COc2cc3c(cc2OC)C(=O)N2c4ccccc4CC2CN3)c1. The second-order valence-electron chi connectivity index (χ2n) is 18.4. The molecule has 0 fully saturated rings. The molecule has 2 atom stereocenters. The van der Waals surface area contributed by atoms with Crippen molar-refractivity contribution < 1.29 is 52.3 Å². The van der Waals surface area contributed by atoms with Crippen molar-refractivity contribution in [3.63, 3.8) is 0 Å². The lowest BCUT2D eigenvalue weighted by atomic mass is 10.1. The van der Waals surface area contributed by atoms with Crippen molar-refractivity contribution in [3.05, 3.63) is 124 Å². The second-order valence-corrected chi connectivity index (χ2v) is 18.4. The van der Waals surface area contributed by atoms with Crippen molar-refractivity contribution in [1.82, 2.24) is 0 Å². The van der Waals surface area contributed by atoms with Crippen LogP contribution in [-0.4, -0.2) is 109 Å². The fourth-order valence-corrected chi connectivity index (χ4v) is 9.25. The summed E-state index contributed by atoms with van der Waals surface area (Å²) < 4.78 is 47.2. The standard InChI is InChI=1S/C54H59N5O11/c1-54(2,3)70-53(62)57(15-16-66-19-20-67-18-17-63-4)38-22-34(32-68-49-28-43-41(26-47(49)64-5)51(60)58-39(30-55-43)24-36-11-7-9-13-45(36)58)21-35(23-38)33-69-50-29-44-42(27-48(50)65-6)52(61)59-40(31-56-44)25-37-12-8-10-14-46(37)59/h7-14,21-23,26-30,39-40,56H,15-20,24-25,31-33H2,1-6H3. The largest absolute Gasteiger partial charge is 0.493 e. The van der Waals surface area contributed by atoms with Gasteiger partial charge in [0.25, 0.3) is 11.8 Å². The molecule has 5 aromatic rings. The summed E-state index contributed by atoms with van der Waals surface area (Å²) in [6, 6.07) is 28.2. The molecule has 2 unspecified atom stereocenters. The molecule has 0 aliphatic carbocycles. The minimum atomic E-state index is -0.792. The maximum absolute atomic E-state index is 14.2. The van der Waals surface area contributed by atoms with Crippen molar-refractivity contribution >= 4 is 52.6 Å². The molecular formula is C54H59N5O11. The van der Waals surface area contributed by atoms with Gasteiger partial charge in [-0.05, 0) is 91.9 Å². The van der Waals surface area contributed by atoms with E-state index in [0.29, 0.717) is 102 Å². The van der Waals surface area contributed by atoms with Gasteiger partial charge in [-0.25, -0.2) is 4.79 Å². The van der Waals surface area contributed by atoms with E-state index in [2.05, 4.69) is 11.4 Å². The predicted molar refractivity (Wildman–Crippen MR) is 266 cm³/mol. The maximum Gasteiger partial charge on any atom is 0.414 e. The molecule has 70 heavy (non-hydrogen) atoms. The van der Waals surface area contributed by atoms with Crippen LogP contribution in [0.4, 0.5) is 33.2 Å². The van der Waals surface area contributed by atoms with Crippen molar-refractivity contribution in [2.75, 3.05) is 87.5 Å². The molecule has 4 aliphatic rings. The van der Waals surface area contributed by atoms with Crippen molar-refractivity contribution in [3.8, 4) is 23.0 Å². The van der Waals surface area contributed by atoms with Gasteiger partial charge in [0, 0.05) is 55.5 Å². The van der Waals surface area contributed by atoms with Gasteiger partial charge in [0.05, 0.1) is 88.4 Å². The Morgan fingerprint density at radius 3 is 1.97 bits per heavy atom. The number of nitrogens with one attached hydrogen (secondary N) is 1. The van der Waals surface area contributed by atoms with Crippen LogP contribution < -0.4 is 39.0 Å². The average molecular weight is 954 g/mol. The number of ether oxygens (including phenoxy) is 8. The lowest BCUT2D eigenvalue weighted by Crippen LogP contribution is -2.39. The molecule has 3 amide bonds. The molecule has 0 saturated heterocycles. The summed E-state index contributed by atoms with van der Waals surface area (Å²) in [6.45, 7) is 8.03. The van der Waals surface area contributed by atoms with Crippen LogP contribution in [0.2, 0.25) is 0 Å². The Hall–Kier alpha value is -7.14. The molecule has 4 heterocycles. The molecular weight excluding hydrogens is 895 g/mol. The van der Waals surface area contributed by atoms with E-state index in [0.717, 1.165) is 28.9 Å². The highest BCUT2D eigenvalue weighted by atomic mass is 16.6. The number of benzene rings is 5. The van der Waals surface area contributed by atoms with Crippen LogP contribution in [0.25, 0.3) is 0 Å². The zero-order chi connectivity index (χ0) is 48.9. The molecule has 0 spiro atoms. The second kappa shape index (κ2) is 20.8. The zero-order valence-electron chi connectivity index (χ0n) is 40.5. The smallest absolute Gasteiger partial charge is 0.414 e. The first-order valence-electron chi connectivity index (χ1n) is 23.5. The fraction of sp³-hybridized carbons (Fsp3) is 0.370. The van der Waals surface area contributed by atoms with Gasteiger partial charge in [-0.2, -0.15) is 0 Å². The van der Waals surface area contributed by atoms with E-state index in [4.69, 9.17) is 42.9 Å². The lowest BCUT2D eigenvalue weighted by molar-refractivity contribution is 0.0252. The number of hydrogen-bond acceptors (Lipinski definition) is 13. The number of rotatable bonds is 18. The summed E-state index contributed by atoms with van der Waals surface area (Å²) in [4.78, 5) is 52.3. The molecule has 16 heteroatoms. The van der Waals surface area contributed by atoms with E-state index in [1.165, 1.54) is 12.0 Å². The average Bonchev–Trinajstić information content (AvgIpc) is 3.84. The minimum absolute atomic E-state index is 0.0300. The molecule has 4 aliphatic heterocycles. The Labute approximate surface area is 408 Å². The Kier molecular flexibility index (Phi) is 14.3. The summed E-state index contributed by atoms with van der Waals surface area (Å²) in [6.07, 6.45) is 2.67. The van der Waals surface area contributed by atoms with E-state index < -0.39 is 11.7 Å². The van der Waals surface area contributed by atoms with Crippen LogP contribution in [0.1, 0.15) is 63.7 Å². The lowest BCUT2D eigenvalue weighted by Gasteiger charge is -2.28. The van der Waals surface area contributed by atoms with Crippen LogP contribution in [0.15, 0.2) is 96.0 Å². The molecule has 9 rings (SSSR count). The van der Waals surface area contributed by atoms with E-state index in [9.17, 15) is 14.4 Å². The third-order valence-electron chi connectivity index (χ3n) is 12.5. The number of carbonyl (C=O) groups is 3. The van der Waals surface area contributed by atoms with E-state index in [1.54, 1.807) is 43.4 Å². The molecule has 366 valence electrons. The number of nitrogens with zero attached hydrogens (tertiary/aromatic N) is 4. The van der Waals surface area contributed by atoms with Crippen LogP contribution in [0, 0.1) is 0 Å². The molecule has 5 aromatic carbocycles. The molecule has 16 nitrogen and oxygen atoms in total. The number of amides is 3. The highest BCUT2D eigenvalue weighted by Gasteiger charge is 2.39.